The Hall–Kier alpha value is -1.92. The third-order valence-corrected chi connectivity index (χ3v) is 2.10. The standard InChI is InChI=1S/C11H17NO6/c1-3-18-11(14)8-9(12(15)16)6-4-5-7-10(13)17-2/h8H,3-7H2,1-2H3/b9-8+. The Morgan fingerprint density at radius 2 is 1.89 bits per heavy atom. The van der Waals surface area contributed by atoms with Gasteiger partial charge in [0.25, 0.3) is 5.70 Å². The molecule has 0 radical (unpaired) electrons. The van der Waals surface area contributed by atoms with Gasteiger partial charge in [-0.25, -0.2) is 4.79 Å². The van der Waals surface area contributed by atoms with Crippen LogP contribution in [0, 0.1) is 10.1 Å². The molecule has 0 aliphatic rings. The minimum atomic E-state index is -0.725. The molecule has 7 nitrogen and oxygen atoms in total. The van der Waals surface area contributed by atoms with Gasteiger partial charge in [0, 0.05) is 12.8 Å². The number of nitro groups is 1. The van der Waals surface area contributed by atoms with E-state index < -0.39 is 10.9 Å². The van der Waals surface area contributed by atoms with E-state index in [1.54, 1.807) is 6.92 Å². The fourth-order valence-electron chi connectivity index (χ4n) is 1.21. The lowest BCUT2D eigenvalue weighted by atomic mass is 10.1. The van der Waals surface area contributed by atoms with Gasteiger partial charge in [-0.15, -0.1) is 0 Å². The minimum absolute atomic E-state index is 0.114. The molecule has 7 heteroatoms. The Morgan fingerprint density at radius 1 is 1.28 bits per heavy atom. The van der Waals surface area contributed by atoms with Crippen molar-refractivity contribution in [2.24, 2.45) is 0 Å². The maximum absolute atomic E-state index is 11.1. The number of carbonyl (C=O) groups is 2. The molecule has 0 spiro atoms. The highest BCUT2D eigenvalue weighted by atomic mass is 16.6. The van der Waals surface area contributed by atoms with E-state index >= 15 is 0 Å². The SMILES string of the molecule is CCOC(=O)/C=C(\CCCCC(=O)OC)[N+](=O)[O-]. The quantitative estimate of drug-likeness (QED) is 0.215. The Balaban J connectivity index is 4.17. The summed E-state index contributed by atoms with van der Waals surface area (Å²) in [7, 11) is 1.28. The summed E-state index contributed by atoms with van der Waals surface area (Å²) in [5.41, 5.74) is -0.210. The summed E-state index contributed by atoms with van der Waals surface area (Å²) in [6, 6.07) is 0. The van der Waals surface area contributed by atoms with Crippen molar-refractivity contribution < 1.29 is 24.0 Å². The van der Waals surface area contributed by atoms with Gasteiger partial charge in [0.2, 0.25) is 0 Å². The first kappa shape index (κ1) is 16.1. The number of esters is 2. The second kappa shape index (κ2) is 9.15. The predicted molar refractivity (Wildman–Crippen MR) is 62.2 cm³/mol. The topological polar surface area (TPSA) is 95.7 Å². The number of hydrogen-bond acceptors (Lipinski definition) is 6. The molecule has 0 saturated carbocycles. The molecular weight excluding hydrogens is 242 g/mol. The van der Waals surface area contributed by atoms with E-state index in [4.69, 9.17) is 0 Å². The molecular formula is C11H17NO6. The van der Waals surface area contributed by atoms with Crippen molar-refractivity contribution in [3.8, 4) is 0 Å². The zero-order valence-corrected chi connectivity index (χ0v) is 10.5. The fraction of sp³-hybridized carbons (Fsp3) is 0.636. The van der Waals surface area contributed by atoms with Crippen molar-refractivity contribution in [1.82, 2.24) is 0 Å². The third-order valence-electron chi connectivity index (χ3n) is 2.10. The summed E-state index contributed by atoms with van der Waals surface area (Å²) >= 11 is 0. The zero-order valence-electron chi connectivity index (χ0n) is 10.5. The molecule has 0 fully saturated rings. The van der Waals surface area contributed by atoms with Crippen molar-refractivity contribution in [1.29, 1.82) is 0 Å². The largest absolute Gasteiger partial charge is 0.469 e. The van der Waals surface area contributed by atoms with E-state index in [1.807, 2.05) is 0 Å². The highest BCUT2D eigenvalue weighted by molar-refractivity contribution is 5.82. The van der Waals surface area contributed by atoms with Crippen LogP contribution in [0.25, 0.3) is 0 Å². The van der Waals surface area contributed by atoms with E-state index in [0.717, 1.165) is 6.08 Å². The van der Waals surface area contributed by atoms with Gasteiger partial charge >= 0.3 is 11.9 Å². The van der Waals surface area contributed by atoms with Crippen molar-refractivity contribution in [3.63, 3.8) is 0 Å². The van der Waals surface area contributed by atoms with E-state index in [0.29, 0.717) is 12.8 Å². The smallest absolute Gasteiger partial charge is 0.337 e. The van der Waals surface area contributed by atoms with Gasteiger partial charge in [-0.2, -0.15) is 0 Å². The normalized spacial score (nSPS) is 10.9. The highest BCUT2D eigenvalue weighted by Gasteiger charge is 2.14. The average molecular weight is 259 g/mol. The lowest BCUT2D eigenvalue weighted by molar-refractivity contribution is -0.428. The summed E-state index contributed by atoms with van der Waals surface area (Å²) in [5.74, 6) is -1.08. The van der Waals surface area contributed by atoms with Crippen LogP contribution in [0.4, 0.5) is 0 Å². The molecule has 0 aromatic carbocycles. The van der Waals surface area contributed by atoms with Gasteiger partial charge in [0.15, 0.2) is 0 Å². The second-order valence-corrected chi connectivity index (χ2v) is 3.43. The van der Waals surface area contributed by atoms with Gasteiger partial charge in [-0.3, -0.25) is 14.9 Å². The van der Waals surface area contributed by atoms with Crippen LogP contribution in [0.15, 0.2) is 11.8 Å². The van der Waals surface area contributed by atoms with Gasteiger partial charge in [0.1, 0.15) is 0 Å². The summed E-state index contributed by atoms with van der Waals surface area (Å²) in [6.07, 6.45) is 2.10. The van der Waals surface area contributed by atoms with Crippen LogP contribution in [0.2, 0.25) is 0 Å². The zero-order chi connectivity index (χ0) is 14.0. The molecule has 18 heavy (non-hydrogen) atoms. The molecule has 0 atom stereocenters. The molecule has 0 N–H and O–H groups in total. The summed E-state index contributed by atoms with van der Waals surface area (Å²) in [5, 5.41) is 10.7. The van der Waals surface area contributed by atoms with Crippen LogP contribution in [0.1, 0.15) is 32.6 Å². The molecule has 0 bridgehead atoms. The van der Waals surface area contributed by atoms with Crippen LogP contribution in [-0.4, -0.2) is 30.6 Å². The van der Waals surface area contributed by atoms with Crippen LogP contribution >= 0.6 is 0 Å². The van der Waals surface area contributed by atoms with Crippen molar-refractivity contribution in [2.75, 3.05) is 13.7 Å². The van der Waals surface area contributed by atoms with Gasteiger partial charge in [-0.1, -0.05) is 0 Å². The first-order chi connectivity index (χ1) is 8.51. The molecule has 0 rings (SSSR count). The monoisotopic (exact) mass is 259 g/mol. The number of unbranched alkanes of at least 4 members (excludes halogenated alkanes) is 1. The third kappa shape index (κ3) is 7.37. The summed E-state index contributed by atoms with van der Waals surface area (Å²) in [4.78, 5) is 31.9. The molecule has 0 aliphatic carbocycles. The average Bonchev–Trinajstić information content (AvgIpc) is 2.32. The van der Waals surface area contributed by atoms with E-state index in [9.17, 15) is 19.7 Å². The molecule has 0 saturated heterocycles. The van der Waals surface area contributed by atoms with Crippen LogP contribution in [0.5, 0.6) is 0 Å². The second-order valence-electron chi connectivity index (χ2n) is 3.43. The Labute approximate surface area is 105 Å². The molecule has 0 amide bonds. The van der Waals surface area contributed by atoms with Gasteiger partial charge < -0.3 is 9.47 Å². The van der Waals surface area contributed by atoms with Crippen LogP contribution in [0.3, 0.4) is 0 Å². The number of methoxy groups -OCH3 is 1. The van der Waals surface area contributed by atoms with E-state index in [2.05, 4.69) is 9.47 Å². The number of ether oxygens (including phenoxy) is 2. The van der Waals surface area contributed by atoms with Crippen molar-refractivity contribution in [2.45, 2.75) is 32.6 Å². The van der Waals surface area contributed by atoms with Gasteiger partial charge in [-0.05, 0) is 19.8 Å². The number of carbonyl (C=O) groups excluding carboxylic acids is 2. The highest BCUT2D eigenvalue weighted by Crippen LogP contribution is 2.10. The first-order valence-corrected chi connectivity index (χ1v) is 5.59. The lowest BCUT2D eigenvalue weighted by Crippen LogP contribution is -2.06. The number of rotatable bonds is 8. The Kier molecular flexibility index (Phi) is 8.17. The first-order valence-electron chi connectivity index (χ1n) is 5.59. The van der Waals surface area contributed by atoms with E-state index in [1.165, 1.54) is 7.11 Å². The van der Waals surface area contributed by atoms with Gasteiger partial charge in [0.05, 0.1) is 24.7 Å². The van der Waals surface area contributed by atoms with Crippen LogP contribution in [-0.2, 0) is 19.1 Å². The lowest BCUT2D eigenvalue weighted by Gasteiger charge is -2.00. The maximum atomic E-state index is 11.1. The fourth-order valence-corrected chi connectivity index (χ4v) is 1.21. The Bertz CT molecular complexity index is 336. The number of hydrogen-bond donors (Lipinski definition) is 0. The van der Waals surface area contributed by atoms with E-state index in [-0.39, 0.29) is 31.1 Å². The summed E-state index contributed by atoms with van der Waals surface area (Å²) in [6.45, 7) is 1.79. The molecule has 0 aliphatic heterocycles. The molecule has 0 heterocycles. The Morgan fingerprint density at radius 3 is 2.39 bits per heavy atom. The molecule has 0 aromatic rings. The van der Waals surface area contributed by atoms with Crippen molar-refractivity contribution >= 4 is 11.9 Å². The number of nitrogens with zero attached hydrogens (tertiary/aromatic N) is 1. The number of allylic oxidation sites excluding steroid dienone is 1. The molecule has 0 unspecified atom stereocenters. The minimum Gasteiger partial charge on any atom is -0.469 e. The predicted octanol–water partition coefficient (Wildman–Crippen LogP) is 1.44. The molecule has 0 aromatic heterocycles. The summed E-state index contributed by atoms with van der Waals surface area (Å²) < 4.78 is 9.03. The van der Waals surface area contributed by atoms with Crippen LogP contribution < -0.4 is 0 Å². The van der Waals surface area contributed by atoms with Crippen molar-refractivity contribution in [3.05, 3.63) is 21.9 Å². The maximum Gasteiger partial charge on any atom is 0.337 e. The molecule has 102 valence electrons.